The van der Waals surface area contributed by atoms with Crippen LogP contribution < -0.4 is 5.32 Å². The van der Waals surface area contributed by atoms with Crippen LogP contribution >= 0.6 is 15.9 Å². The summed E-state index contributed by atoms with van der Waals surface area (Å²) in [4.78, 5) is 32.5. The Hall–Kier alpha value is -1.71. The molecule has 1 aromatic rings. The van der Waals surface area contributed by atoms with Crippen molar-refractivity contribution in [1.29, 1.82) is 0 Å². The Morgan fingerprint density at radius 3 is 2.62 bits per heavy atom. The minimum absolute atomic E-state index is 0.0836. The number of hydrogen-bond acceptors (Lipinski definition) is 5. The molecule has 8 nitrogen and oxygen atoms in total. The summed E-state index contributed by atoms with van der Waals surface area (Å²) >= 11 is 3.34. The normalized spacial score (nSPS) is 15.9. The topological polar surface area (TPSA) is 89.0 Å². The maximum Gasteiger partial charge on any atom is 0.407 e. The van der Waals surface area contributed by atoms with Crippen LogP contribution in [-0.2, 0) is 4.79 Å². The van der Waals surface area contributed by atoms with Gasteiger partial charge in [-0.15, -0.1) is 0 Å². The van der Waals surface area contributed by atoms with Crippen LogP contribution in [0.1, 0.15) is 0 Å². The SMILES string of the molecule is CN(CCN1CCN(CC(=O)Nc2cc(Br)ccn2)CC1)C(=O)O. The van der Waals surface area contributed by atoms with Crippen molar-refractivity contribution < 1.29 is 14.7 Å². The van der Waals surface area contributed by atoms with Gasteiger partial charge in [0, 0.05) is 57.0 Å². The highest BCUT2D eigenvalue weighted by molar-refractivity contribution is 9.10. The third-order valence-electron chi connectivity index (χ3n) is 3.90. The van der Waals surface area contributed by atoms with Crippen LogP contribution in [0, 0.1) is 0 Å². The number of nitrogens with zero attached hydrogens (tertiary/aromatic N) is 4. The Morgan fingerprint density at radius 1 is 1.33 bits per heavy atom. The molecule has 1 aliphatic rings. The lowest BCUT2D eigenvalue weighted by molar-refractivity contribution is -0.117. The number of piperazine rings is 1. The maximum atomic E-state index is 12.1. The van der Waals surface area contributed by atoms with E-state index in [-0.39, 0.29) is 5.91 Å². The lowest BCUT2D eigenvalue weighted by Crippen LogP contribution is -2.50. The summed E-state index contributed by atoms with van der Waals surface area (Å²) in [5, 5.41) is 11.6. The largest absolute Gasteiger partial charge is 0.465 e. The number of rotatable bonds is 6. The predicted octanol–water partition coefficient (Wildman–Crippen LogP) is 1.01. The summed E-state index contributed by atoms with van der Waals surface area (Å²) in [6.07, 6.45) is 0.721. The molecule has 24 heavy (non-hydrogen) atoms. The molecule has 2 amide bonds. The van der Waals surface area contributed by atoms with Gasteiger partial charge in [-0.1, -0.05) is 15.9 Å². The van der Waals surface area contributed by atoms with Gasteiger partial charge in [0.15, 0.2) is 0 Å². The van der Waals surface area contributed by atoms with E-state index in [0.717, 1.165) is 30.7 Å². The molecule has 2 N–H and O–H groups in total. The van der Waals surface area contributed by atoms with Gasteiger partial charge in [-0.2, -0.15) is 0 Å². The van der Waals surface area contributed by atoms with Crippen molar-refractivity contribution >= 4 is 33.7 Å². The summed E-state index contributed by atoms with van der Waals surface area (Å²) in [5.74, 6) is 0.448. The van der Waals surface area contributed by atoms with Gasteiger partial charge in [0.25, 0.3) is 0 Å². The average molecular weight is 400 g/mol. The van der Waals surface area contributed by atoms with Crippen LogP contribution in [0.2, 0.25) is 0 Å². The van der Waals surface area contributed by atoms with Gasteiger partial charge in [0.2, 0.25) is 5.91 Å². The molecule has 132 valence electrons. The number of carbonyl (C=O) groups excluding carboxylic acids is 1. The third kappa shape index (κ3) is 6.06. The summed E-state index contributed by atoms with van der Waals surface area (Å²) < 4.78 is 0.868. The number of nitrogens with one attached hydrogen (secondary N) is 1. The minimum Gasteiger partial charge on any atom is -0.465 e. The Morgan fingerprint density at radius 2 is 2.00 bits per heavy atom. The van der Waals surface area contributed by atoms with Gasteiger partial charge in [0.05, 0.1) is 6.54 Å². The number of aromatic nitrogens is 1. The fourth-order valence-corrected chi connectivity index (χ4v) is 2.75. The van der Waals surface area contributed by atoms with Gasteiger partial charge in [-0.05, 0) is 12.1 Å². The Kier molecular flexibility index (Phi) is 6.95. The molecule has 1 fully saturated rings. The van der Waals surface area contributed by atoms with Crippen LogP contribution in [0.3, 0.4) is 0 Å². The molecule has 2 rings (SSSR count). The first kappa shape index (κ1) is 18.6. The second-order valence-corrected chi connectivity index (χ2v) is 6.65. The lowest BCUT2D eigenvalue weighted by atomic mass is 10.3. The van der Waals surface area contributed by atoms with E-state index in [2.05, 4.69) is 36.0 Å². The highest BCUT2D eigenvalue weighted by Crippen LogP contribution is 2.12. The summed E-state index contributed by atoms with van der Waals surface area (Å²) in [6.45, 7) is 4.77. The number of amides is 2. The summed E-state index contributed by atoms with van der Waals surface area (Å²) in [5.41, 5.74) is 0. The zero-order chi connectivity index (χ0) is 17.5. The van der Waals surface area contributed by atoms with Gasteiger partial charge >= 0.3 is 6.09 Å². The number of carbonyl (C=O) groups is 2. The maximum absolute atomic E-state index is 12.1. The lowest BCUT2D eigenvalue weighted by Gasteiger charge is -2.34. The molecule has 0 aromatic carbocycles. The van der Waals surface area contributed by atoms with Crippen LogP contribution in [-0.4, -0.2) is 89.7 Å². The van der Waals surface area contributed by atoms with E-state index in [1.807, 2.05) is 0 Å². The summed E-state index contributed by atoms with van der Waals surface area (Å²) in [7, 11) is 1.57. The first-order valence-electron chi connectivity index (χ1n) is 7.74. The van der Waals surface area contributed by atoms with E-state index < -0.39 is 6.09 Å². The van der Waals surface area contributed by atoms with Crippen LogP contribution in [0.4, 0.5) is 10.6 Å². The van der Waals surface area contributed by atoms with Crippen molar-refractivity contribution in [3.63, 3.8) is 0 Å². The smallest absolute Gasteiger partial charge is 0.407 e. The molecule has 2 heterocycles. The van der Waals surface area contributed by atoms with E-state index in [9.17, 15) is 9.59 Å². The minimum atomic E-state index is -0.911. The molecule has 1 aromatic heterocycles. The van der Waals surface area contributed by atoms with Gasteiger partial charge in [-0.25, -0.2) is 9.78 Å². The molecule has 1 aliphatic heterocycles. The second kappa shape index (κ2) is 8.95. The van der Waals surface area contributed by atoms with E-state index >= 15 is 0 Å². The number of anilines is 1. The van der Waals surface area contributed by atoms with Crippen molar-refractivity contribution in [1.82, 2.24) is 19.7 Å². The zero-order valence-corrected chi connectivity index (χ0v) is 15.2. The Bertz CT molecular complexity index is 578. The number of halogens is 1. The number of likely N-dealkylation sites (N-methyl/N-ethyl adjacent to an activating group) is 1. The first-order chi connectivity index (χ1) is 11.4. The Balaban J connectivity index is 1.69. The molecule has 0 bridgehead atoms. The zero-order valence-electron chi connectivity index (χ0n) is 13.6. The van der Waals surface area contributed by atoms with Crippen LogP contribution in [0.5, 0.6) is 0 Å². The second-order valence-electron chi connectivity index (χ2n) is 5.73. The van der Waals surface area contributed by atoms with E-state index in [1.54, 1.807) is 25.4 Å². The van der Waals surface area contributed by atoms with E-state index in [1.165, 1.54) is 4.90 Å². The summed E-state index contributed by atoms with van der Waals surface area (Å²) in [6, 6.07) is 3.56. The number of pyridine rings is 1. The molecule has 0 unspecified atom stereocenters. The fourth-order valence-electron chi connectivity index (χ4n) is 2.42. The average Bonchev–Trinajstić information content (AvgIpc) is 2.53. The molecule has 0 aliphatic carbocycles. The van der Waals surface area contributed by atoms with Crippen molar-refractivity contribution in [2.45, 2.75) is 0 Å². The van der Waals surface area contributed by atoms with Gasteiger partial charge in [-0.3, -0.25) is 14.6 Å². The standard InChI is InChI=1S/C15H22BrN5O3/c1-19(15(23)24)4-5-20-6-8-21(9-7-20)11-14(22)18-13-10-12(16)2-3-17-13/h2-3,10H,4-9,11H2,1H3,(H,23,24)(H,17,18,22). The first-order valence-corrected chi connectivity index (χ1v) is 8.53. The molecular formula is C15H22BrN5O3. The molecule has 9 heteroatoms. The van der Waals surface area contributed by atoms with E-state index in [4.69, 9.17) is 5.11 Å². The van der Waals surface area contributed by atoms with Crippen LogP contribution in [0.15, 0.2) is 22.8 Å². The van der Waals surface area contributed by atoms with Crippen molar-refractivity contribution in [3.8, 4) is 0 Å². The van der Waals surface area contributed by atoms with Crippen molar-refractivity contribution in [2.75, 3.05) is 58.2 Å². The van der Waals surface area contributed by atoms with Crippen molar-refractivity contribution in [3.05, 3.63) is 22.8 Å². The molecule has 1 saturated heterocycles. The number of hydrogen-bond donors (Lipinski definition) is 2. The molecule has 0 saturated carbocycles. The Labute approximate surface area is 149 Å². The monoisotopic (exact) mass is 399 g/mol. The number of carboxylic acid groups (broad SMARTS) is 1. The van der Waals surface area contributed by atoms with E-state index in [0.29, 0.717) is 25.5 Å². The quantitative estimate of drug-likeness (QED) is 0.741. The third-order valence-corrected chi connectivity index (χ3v) is 4.39. The van der Waals surface area contributed by atoms with Gasteiger partial charge < -0.3 is 15.3 Å². The fraction of sp³-hybridized carbons (Fsp3) is 0.533. The highest BCUT2D eigenvalue weighted by Gasteiger charge is 2.19. The molecule has 0 spiro atoms. The predicted molar refractivity (Wildman–Crippen MR) is 94.1 cm³/mol. The molecule has 0 radical (unpaired) electrons. The molecule has 0 atom stereocenters. The van der Waals surface area contributed by atoms with Gasteiger partial charge in [0.1, 0.15) is 5.82 Å². The van der Waals surface area contributed by atoms with Crippen LogP contribution in [0.25, 0.3) is 0 Å². The van der Waals surface area contributed by atoms with Crippen molar-refractivity contribution in [2.24, 2.45) is 0 Å². The molecular weight excluding hydrogens is 378 g/mol. The highest BCUT2D eigenvalue weighted by atomic mass is 79.9.